The molecule has 0 saturated carbocycles. The van der Waals surface area contributed by atoms with Crippen molar-refractivity contribution >= 4 is 23.2 Å². The van der Waals surface area contributed by atoms with E-state index in [4.69, 9.17) is 14.5 Å². The summed E-state index contributed by atoms with van der Waals surface area (Å²) in [5, 5.41) is 3.43. The van der Waals surface area contributed by atoms with Crippen LogP contribution in [0.15, 0.2) is 46.6 Å². The van der Waals surface area contributed by atoms with Crippen molar-refractivity contribution in [3.8, 4) is 11.6 Å². The number of ether oxygens (including phenoxy) is 2. The van der Waals surface area contributed by atoms with Crippen LogP contribution in [0.5, 0.6) is 5.88 Å². The van der Waals surface area contributed by atoms with Crippen LogP contribution in [0.3, 0.4) is 0 Å². The van der Waals surface area contributed by atoms with E-state index < -0.39 is 0 Å². The molecular weight excluding hydrogens is 460 g/mol. The lowest BCUT2D eigenvalue weighted by molar-refractivity contribution is 0.0886. The van der Waals surface area contributed by atoms with E-state index in [0.717, 1.165) is 35.5 Å². The van der Waals surface area contributed by atoms with E-state index in [2.05, 4.69) is 30.2 Å². The van der Waals surface area contributed by atoms with Gasteiger partial charge < -0.3 is 14.8 Å². The number of nitrogens with one attached hydrogen (secondary N) is 1. The maximum atomic E-state index is 12.8. The summed E-state index contributed by atoms with van der Waals surface area (Å²) in [6.45, 7) is 2.16. The van der Waals surface area contributed by atoms with E-state index in [-0.39, 0.29) is 11.5 Å². The number of hydrogen-bond acceptors (Lipinski definition) is 10. The molecule has 11 heteroatoms. The molecule has 0 amide bonds. The molecule has 0 aromatic carbocycles. The summed E-state index contributed by atoms with van der Waals surface area (Å²) in [6, 6.07) is 5.41. The first kappa shape index (κ1) is 22.4. The highest BCUT2D eigenvalue weighted by Crippen LogP contribution is 2.27. The minimum Gasteiger partial charge on any atom is -0.481 e. The van der Waals surface area contributed by atoms with Gasteiger partial charge in [-0.1, -0.05) is 0 Å². The molecule has 182 valence electrons. The Morgan fingerprint density at radius 1 is 1.14 bits per heavy atom. The van der Waals surface area contributed by atoms with E-state index in [0.29, 0.717) is 54.9 Å². The molecule has 1 atom stereocenters. The van der Waals surface area contributed by atoms with E-state index in [1.807, 2.05) is 18.5 Å². The average Bonchev–Trinajstić information content (AvgIpc) is 2.92. The average molecular weight is 485 g/mol. The van der Waals surface area contributed by atoms with Crippen LogP contribution in [0.1, 0.15) is 35.0 Å². The fraction of sp³-hybridized carbons (Fsp3) is 0.320. The van der Waals surface area contributed by atoms with Crippen molar-refractivity contribution in [3.63, 3.8) is 0 Å². The maximum absolute atomic E-state index is 12.8. The minimum atomic E-state index is -0.297. The highest BCUT2D eigenvalue weighted by Gasteiger charge is 2.23. The van der Waals surface area contributed by atoms with Gasteiger partial charge >= 0.3 is 0 Å². The molecule has 6 rings (SSSR count). The van der Waals surface area contributed by atoms with Gasteiger partial charge in [-0.2, -0.15) is 4.98 Å². The van der Waals surface area contributed by atoms with Crippen LogP contribution in [0, 0.1) is 0 Å². The molecule has 0 saturated heterocycles. The van der Waals surface area contributed by atoms with Crippen molar-refractivity contribution in [3.05, 3.63) is 69.8 Å². The lowest BCUT2D eigenvalue weighted by Crippen LogP contribution is -2.29. The zero-order valence-corrected chi connectivity index (χ0v) is 19.7. The van der Waals surface area contributed by atoms with Crippen LogP contribution in [0.2, 0.25) is 0 Å². The first-order valence-electron chi connectivity index (χ1n) is 11.8. The van der Waals surface area contributed by atoms with Gasteiger partial charge in [0.25, 0.3) is 5.56 Å². The molecule has 0 aliphatic carbocycles. The Kier molecular flexibility index (Phi) is 5.91. The molecule has 0 bridgehead atoms. The smallest absolute Gasteiger partial charge is 0.275 e. The third kappa shape index (κ3) is 4.23. The topological polar surface area (TPSA) is 129 Å². The second-order valence-corrected chi connectivity index (χ2v) is 8.69. The Hall–Kier alpha value is -4.09. The quantitative estimate of drug-likeness (QED) is 0.437. The number of fused-ring (bicyclic) bond motifs is 3. The first-order valence-corrected chi connectivity index (χ1v) is 11.8. The Labute approximate surface area is 206 Å². The van der Waals surface area contributed by atoms with Gasteiger partial charge in [0.15, 0.2) is 11.5 Å². The van der Waals surface area contributed by atoms with E-state index in [1.54, 1.807) is 18.3 Å². The van der Waals surface area contributed by atoms with Crippen molar-refractivity contribution in [2.75, 3.05) is 20.3 Å². The van der Waals surface area contributed by atoms with Crippen LogP contribution in [-0.2, 0) is 24.3 Å². The zero-order valence-electron chi connectivity index (χ0n) is 19.7. The molecular formula is C25H24N8O3. The number of hydrogen-bond donors (Lipinski definition) is 1. The predicted molar refractivity (Wildman–Crippen MR) is 132 cm³/mol. The summed E-state index contributed by atoms with van der Waals surface area (Å²) in [5.41, 5.74) is 4.27. The van der Waals surface area contributed by atoms with Crippen LogP contribution in [0.4, 0.5) is 5.82 Å². The van der Waals surface area contributed by atoms with Gasteiger partial charge in [-0.25, -0.2) is 19.9 Å². The van der Waals surface area contributed by atoms with Gasteiger partial charge in [0, 0.05) is 42.1 Å². The fourth-order valence-electron chi connectivity index (χ4n) is 4.53. The molecule has 0 radical (unpaired) electrons. The summed E-state index contributed by atoms with van der Waals surface area (Å²) < 4.78 is 12.6. The highest BCUT2D eigenvalue weighted by atomic mass is 16.5. The summed E-state index contributed by atoms with van der Waals surface area (Å²) in [6.07, 6.45) is 8.62. The second-order valence-electron chi connectivity index (χ2n) is 8.69. The van der Waals surface area contributed by atoms with Gasteiger partial charge in [0.05, 0.1) is 50.6 Å². The third-order valence-electron chi connectivity index (χ3n) is 6.31. The highest BCUT2D eigenvalue weighted by molar-refractivity contribution is 5.72. The first-order chi connectivity index (χ1) is 17.7. The number of rotatable bonds is 6. The molecule has 11 nitrogen and oxygen atoms in total. The third-order valence-corrected chi connectivity index (χ3v) is 6.31. The molecule has 1 N–H and O–H groups in total. The summed E-state index contributed by atoms with van der Waals surface area (Å²) in [5.74, 6) is 1.93. The van der Waals surface area contributed by atoms with Crippen molar-refractivity contribution in [1.82, 2.24) is 34.8 Å². The summed E-state index contributed by atoms with van der Waals surface area (Å²) in [4.78, 5) is 39.5. The van der Waals surface area contributed by atoms with Gasteiger partial charge in [-0.05, 0) is 25.0 Å². The Bertz CT molecular complexity index is 1530. The van der Waals surface area contributed by atoms with Crippen molar-refractivity contribution in [2.24, 2.45) is 4.99 Å². The molecule has 2 aliphatic heterocycles. The predicted octanol–water partition coefficient (Wildman–Crippen LogP) is 2.03. The van der Waals surface area contributed by atoms with Crippen LogP contribution >= 0.6 is 0 Å². The molecule has 2 aliphatic rings. The maximum Gasteiger partial charge on any atom is 0.275 e. The Morgan fingerprint density at radius 3 is 3.00 bits per heavy atom. The second kappa shape index (κ2) is 9.51. The number of methoxy groups -OCH3 is 1. The number of aromatic nitrogens is 6. The number of aliphatic imine (C=N–C) groups is 1. The monoisotopic (exact) mass is 484 g/mol. The molecule has 0 spiro atoms. The van der Waals surface area contributed by atoms with Crippen LogP contribution in [-0.4, -0.2) is 56.0 Å². The molecule has 6 heterocycles. The minimum absolute atomic E-state index is 0.0579. The molecule has 1 unspecified atom stereocenters. The van der Waals surface area contributed by atoms with Gasteiger partial charge in [0.1, 0.15) is 11.3 Å². The van der Waals surface area contributed by atoms with Gasteiger partial charge in [-0.3, -0.25) is 14.3 Å². The number of pyridine rings is 2. The fourth-order valence-corrected chi connectivity index (χ4v) is 4.53. The SMILES string of the molecule is COc1ccc2ncc(=O)n(-c3cnc4c(c3)COCC4CNCc3ncc4c(n3)N=CCC4)c2n1. The number of aryl methyl sites for hydroxylation is 1. The molecule has 4 aromatic heterocycles. The van der Waals surface area contributed by atoms with Gasteiger partial charge in [-0.15, -0.1) is 0 Å². The van der Waals surface area contributed by atoms with Gasteiger partial charge in [0.2, 0.25) is 5.88 Å². The van der Waals surface area contributed by atoms with Crippen molar-refractivity contribution in [2.45, 2.75) is 31.9 Å². The normalized spacial score (nSPS) is 16.5. The largest absolute Gasteiger partial charge is 0.481 e. The molecule has 4 aromatic rings. The summed E-state index contributed by atoms with van der Waals surface area (Å²) >= 11 is 0. The van der Waals surface area contributed by atoms with Crippen LogP contribution in [0.25, 0.3) is 16.9 Å². The molecule has 36 heavy (non-hydrogen) atoms. The lowest BCUT2D eigenvalue weighted by Gasteiger charge is -2.25. The number of nitrogens with zero attached hydrogens (tertiary/aromatic N) is 7. The lowest BCUT2D eigenvalue weighted by atomic mass is 9.98. The van der Waals surface area contributed by atoms with Crippen molar-refractivity contribution < 1.29 is 9.47 Å². The summed E-state index contributed by atoms with van der Waals surface area (Å²) in [7, 11) is 1.53. The van der Waals surface area contributed by atoms with Crippen molar-refractivity contribution in [1.29, 1.82) is 0 Å². The van der Waals surface area contributed by atoms with E-state index in [9.17, 15) is 4.79 Å². The zero-order chi connectivity index (χ0) is 24.5. The van der Waals surface area contributed by atoms with E-state index >= 15 is 0 Å². The standard InChI is InChI=1S/C25H24N8O3/c1-35-21-5-4-19-25(32-21)33(22(34)12-28-19)18-7-16-13-36-14-17(23(16)30-10-18)8-26-11-20-29-9-15-3-2-6-27-24(15)31-20/h4-7,9-10,12,17,26H,2-3,8,11,13-14H2,1H3. The Morgan fingerprint density at radius 2 is 2.08 bits per heavy atom. The Balaban J connectivity index is 1.23. The molecule has 0 fully saturated rings. The van der Waals surface area contributed by atoms with Crippen LogP contribution < -0.4 is 15.6 Å². The van der Waals surface area contributed by atoms with E-state index in [1.165, 1.54) is 17.9 Å².